The zero-order chi connectivity index (χ0) is 19.0. The molecule has 0 saturated carbocycles. The van der Waals surface area contributed by atoms with Crippen molar-refractivity contribution in [2.24, 2.45) is 0 Å². The first-order valence-corrected chi connectivity index (χ1v) is 11.5. The highest BCUT2D eigenvalue weighted by atomic mass is 32.2. The Labute approximate surface area is 155 Å². The van der Waals surface area contributed by atoms with Crippen molar-refractivity contribution < 1.29 is 26.9 Å². The lowest BCUT2D eigenvalue weighted by atomic mass is 10.2. The zero-order valence-corrected chi connectivity index (χ0v) is 17.4. The van der Waals surface area contributed by atoms with Gasteiger partial charge in [-0.05, 0) is 32.1 Å². The van der Waals surface area contributed by atoms with Gasteiger partial charge in [0.2, 0.25) is 0 Å². The van der Waals surface area contributed by atoms with Crippen LogP contribution in [-0.4, -0.2) is 75.8 Å². The molecule has 0 aliphatic carbocycles. The van der Waals surface area contributed by atoms with E-state index in [1.165, 1.54) is 0 Å². The molecule has 0 aliphatic heterocycles. The quantitative estimate of drug-likeness (QED) is 0.224. The van der Waals surface area contributed by atoms with Crippen LogP contribution in [0.4, 0.5) is 0 Å². The van der Waals surface area contributed by atoms with Gasteiger partial charge in [0.15, 0.2) is 0 Å². The Hall–Kier alpha value is -0.210. The zero-order valence-electron chi connectivity index (χ0n) is 16.5. The Bertz CT molecular complexity index is 394. The van der Waals surface area contributed by atoms with Crippen LogP contribution in [0.25, 0.3) is 0 Å². The topological polar surface area (TPSA) is 72.8 Å². The molecule has 0 bridgehead atoms. The maximum Gasteiger partial charge on any atom is 0.264 e. The van der Waals surface area contributed by atoms with Gasteiger partial charge in [-0.15, -0.1) is 0 Å². The van der Waals surface area contributed by atoms with E-state index in [1.54, 1.807) is 0 Å². The van der Waals surface area contributed by atoms with Gasteiger partial charge in [0.25, 0.3) is 10.1 Å². The highest BCUT2D eigenvalue weighted by Crippen LogP contribution is 2.13. The number of quaternary nitrogens is 1. The van der Waals surface area contributed by atoms with Crippen LogP contribution in [0.3, 0.4) is 0 Å². The predicted molar refractivity (Wildman–Crippen MR) is 103 cm³/mol. The largest absolute Gasteiger partial charge is 0.379 e. The summed E-state index contributed by atoms with van der Waals surface area (Å²) in [6, 6.07) is 0. The van der Waals surface area contributed by atoms with Crippen molar-refractivity contribution in [1.29, 1.82) is 0 Å². The molecule has 0 amide bonds. The molecule has 152 valence electrons. The molecule has 0 radical (unpaired) electrons. The maximum atomic E-state index is 10.9. The van der Waals surface area contributed by atoms with Crippen molar-refractivity contribution in [2.75, 3.05) is 58.4 Å². The van der Waals surface area contributed by atoms with Crippen LogP contribution >= 0.6 is 0 Å². The molecule has 0 unspecified atom stereocenters. The molecule has 0 rings (SSSR count). The SMILES string of the molecule is CCCCOCCOCC[N+](CCC)(CCC)CCCCS(=O)(=O)O. The molecule has 0 aromatic heterocycles. The summed E-state index contributed by atoms with van der Waals surface area (Å²) >= 11 is 0. The fourth-order valence-electron chi connectivity index (χ4n) is 3.18. The average molecular weight is 383 g/mol. The second-order valence-electron chi connectivity index (χ2n) is 6.81. The van der Waals surface area contributed by atoms with E-state index < -0.39 is 10.1 Å². The van der Waals surface area contributed by atoms with Gasteiger partial charge in [-0.2, -0.15) is 8.42 Å². The van der Waals surface area contributed by atoms with E-state index in [9.17, 15) is 8.42 Å². The first kappa shape index (κ1) is 24.8. The predicted octanol–water partition coefficient (Wildman–Crippen LogP) is 3.12. The minimum atomic E-state index is -3.85. The summed E-state index contributed by atoms with van der Waals surface area (Å²) in [4.78, 5) is 0. The minimum Gasteiger partial charge on any atom is -0.379 e. The minimum absolute atomic E-state index is 0.142. The van der Waals surface area contributed by atoms with Crippen LogP contribution in [-0.2, 0) is 19.6 Å². The molecule has 0 atom stereocenters. The summed E-state index contributed by atoms with van der Waals surface area (Å²) in [7, 11) is -3.85. The third kappa shape index (κ3) is 14.6. The highest BCUT2D eigenvalue weighted by Gasteiger charge is 2.25. The second-order valence-corrected chi connectivity index (χ2v) is 8.38. The van der Waals surface area contributed by atoms with Crippen LogP contribution in [0, 0.1) is 0 Å². The molecular weight excluding hydrogens is 342 g/mol. The Morgan fingerprint density at radius 3 is 1.84 bits per heavy atom. The van der Waals surface area contributed by atoms with Crippen molar-refractivity contribution in [3.05, 3.63) is 0 Å². The molecule has 0 aromatic rings. The summed E-state index contributed by atoms with van der Waals surface area (Å²) in [5.41, 5.74) is 0. The van der Waals surface area contributed by atoms with E-state index in [0.29, 0.717) is 26.2 Å². The third-order valence-corrected chi connectivity index (χ3v) is 5.21. The number of hydrogen-bond donors (Lipinski definition) is 1. The van der Waals surface area contributed by atoms with Gasteiger partial charge in [-0.1, -0.05) is 27.2 Å². The van der Waals surface area contributed by atoms with E-state index in [1.807, 2.05) is 0 Å². The van der Waals surface area contributed by atoms with E-state index >= 15 is 0 Å². The maximum absolute atomic E-state index is 10.9. The molecule has 25 heavy (non-hydrogen) atoms. The van der Waals surface area contributed by atoms with Gasteiger partial charge >= 0.3 is 0 Å². The van der Waals surface area contributed by atoms with Gasteiger partial charge in [0.05, 0.1) is 45.2 Å². The van der Waals surface area contributed by atoms with Gasteiger partial charge < -0.3 is 14.0 Å². The molecule has 0 heterocycles. The lowest BCUT2D eigenvalue weighted by Crippen LogP contribution is -2.52. The standard InChI is InChI=1S/C18H39NO5S/c1-4-7-14-23-16-17-24-15-13-19(10-5-2,11-6-3)12-8-9-18-25(20,21)22/h4-18H2,1-3H3/p+1. The van der Waals surface area contributed by atoms with Crippen molar-refractivity contribution in [3.63, 3.8) is 0 Å². The van der Waals surface area contributed by atoms with Crippen molar-refractivity contribution in [2.45, 2.75) is 59.3 Å². The van der Waals surface area contributed by atoms with Crippen LogP contribution in [0.2, 0.25) is 0 Å². The highest BCUT2D eigenvalue weighted by molar-refractivity contribution is 7.85. The molecule has 0 saturated heterocycles. The number of rotatable bonds is 18. The Morgan fingerprint density at radius 2 is 1.32 bits per heavy atom. The van der Waals surface area contributed by atoms with Gasteiger partial charge in [-0.25, -0.2) is 0 Å². The van der Waals surface area contributed by atoms with Crippen molar-refractivity contribution >= 4 is 10.1 Å². The van der Waals surface area contributed by atoms with E-state index in [2.05, 4.69) is 20.8 Å². The number of nitrogens with zero attached hydrogens (tertiary/aromatic N) is 1. The molecule has 0 aromatic carbocycles. The van der Waals surface area contributed by atoms with Gasteiger partial charge in [0.1, 0.15) is 6.54 Å². The molecule has 0 fully saturated rings. The number of hydrogen-bond acceptors (Lipinski definition) is 4. The van der Waals surface area contributed by atoms with Crippen LogP contribution in [0.15, 0.2) is 0 Å². The summed E-state index contributed by atoms with van der Waals surface area (Å²) in [5.74, 6) is -0.142. The van der Waals surface area contributed by atoms with Gasteiger partial charge in [-0.3, -0.25) is 4.55 Å². The second kappa shape index (κ2) is 14.9. The number of ether oxygens (including phenoxy) is 2. The van der Waals surface area contributed by atoms with Crippen molar-refractivity contribution in [3.8, 4) is 0 Å². The smallest absolute Gasteiger partial charge is 0.264 e. The van der Waals surface area contributed by atoms with Crippen LogP contribution in [0.5, 0.6) is 0 Å². The van der Waals surface area contributed by atoms with E-state index in [4.69, 9.17) is 14.0 Å². The molecule has 0 aliphatic rings. The fourth-order valence-corrected chi connectivity index (χ4v) is 3.75. The monoisotopic (exact) mass is 382 g/mol. The summed E-state index contributed by atoms with van der Waals surface area (Å²) in [6.07, 6.45) is 5.75. The van der Waals surface area contributed by atoms with E-state index in [-0.39, 0.29) is 5.75 Å². The Morgan fingerprint density at radius 1 is 0.720 bits per heavy atom. The van der Waals surface area contributed by atoms with Gasteiger partial charge in [0, 0.05) is 6.61 Å². The van der Waals surface area contributed by atoms with Crippen molar-refractivity contribution in [1.82, 2.24) is 0 Å². The lowest BCUT2D eigenvalue weighted by Gasteiger charge is -2.38. The molecule has 7 heteroatoms. The summed E-state index contributed by atoms with van der Waals surface area (Å²) in [5, 5.41) is 0. The fraction of sp³-hybridized carbons (Fsp3) is 1.00. The average Bonchev–Trinajstić information content (AvgIpc) is 2.54. The van der Waals surface area contributed by atoms with Crippen LogP contribution < -0.4 is 0 Å². The molecule has 6 nitrogen and oxygen atoms in total. The first-order valence-electron chi connectivity index (χ1n) is 9.85. The van der Waals surface area contributed by atoms with E-state index in [0.717, 1.165) is 69.4 Å². The lowest BCUT2D eigenvalue weighted by molar-refractivity contribution is -0.928. The first-order chi connectivity index (χ1) is 11.9. The normalized spacial score (nSPS) is 12.6. The van der Waals surface area contributed by atoms with Crippen LogP contribution in [0.1, 0.15) is 59.3 Å². The Balaban J connectivity index is 4.21. The molecule has 0 spiro atoms. The summed E-state index contributed by atoms with van der Waals surface area (Å²) in [6.45, 7) is 13.3. The Kier molecular flexibility index (Phi) is 14.8. The number of unbranched alkanes of at least 4 members (excludes halogenated alkanes) is 2. The molecular formula is C18H40NO5S+. The third-order valence-electron chi connectivity index (χ3n) is 4.40. The molecule has 1 N–H and O–H groups in total. The summed E-state index contributed by atoms with van der Waals surface area (Å²) < 4.78 is 42.8.